The summed E-state index contributed by atoms with van der Waals surface area (Å²) in [5, 5.41) is 8.94. The van der Waals surface area contributed by atoms with Gasteiger partial charge in [0.15, 0.2) is 0 Å². The highest BCUT2D eigenvalue weighted by atomic mass is 32.1. The van der Waals surface area contributed by atoms with Gasteiger partial charge in [-0.25, -0.2) is 4.98 Å². The van der Waals surface area contributed by atoms with Crippen LogP contribution >= 0.6 is 11.3 Å². The van der Waals surface area contributed by atoms with Crippen LogP contribution in [0.4, 0.5) is 0 Å². The molecule has 0 bridgehead atoms. The summed E-state index contributed by atoms with van der Waals surface area (Å²) in [7, 11) is 3.24. The molecule has 2 aromatic rings. The summed E-state index contributed by atoms with van der Waals surface area (Å²) in [5.41, 5.74) is 1.42. The number of thiazole rings is 1. The Morgan fingerprint density at radius 1 is 1.00 bits per heavy atom. The van der Waals surface area contributed by atoms with Crippen molar-refractivity contribution < 1.29 is 23.9 Å². The molecule has 1 aromatic heterocycles. The normalized spacial score (nSPS) is 18.6. The van der Waals surface area contributed by atoms with E-state index >= 15 is 0 Å². The molecule has 5 atom stereocenters. The molecule has 10 nitrogen and oxygen atoms in total. The second-order valence-electron chi connectivity index (χ2n) is 16.1. The molecule has 2 heterocycles. The molecular weight excluding hydrogens is 699 g/mol. The Balaban J connectivity index is 1.33. The third-order valence-corrected chi connectivity index (χ3v) is 12.5. The predicted molar refractivity (Wildman–Crippen MR) is 216 cm³/mol. The summed E-state index contributed by atoms with van der Waals surface area (Å²) in [6, 6.07) is 8.84. The molecular formula is C43H67N5O5S. The number of methoxy groups -OCH3 is 1. The zero-order valence-electron chi connectivity index (χ0n) is 33.8. The predicted octanol–water partition coefficient (Wildman–Crippen LogP) is 7.21. The van der Waals surface area contributed by atoms with Crippen molar-refractivity contribution in [2.24, 2.45) is 17.8 Å². The van der Waals surface area contributed by atoms with Gasteiger partial charge in [0.1, 0.15) is 11.7 Å². The number of unbranched alkanes of at least 4 members (excludes halogenated alkanes) is 1. The third kappa shape index (κ3) is 13.2. The topological polar surface area (TPSA) is 121 Å². The van der Waals surface area contributed by atoms with E-state index in [2.05, 4.69) is 36.3 Å². The number of hydrogen-bond donors (Lipinski definition) is 2. The van der Waals surface area contributed by atoms with E-state index in [-0.39, 0.29) is 53.7 Å². The van der Waals surface area contributed by atoms with E-state index in [1.54, 1.807) is 5.38 Å². The van der Waals surface area contributed by atoms with Crippen molar-refractivity contribution in [3.8, 4) is 0 Å². The van der Waals surface area contributed by atoms with Gasteiger partial charge in [-0.05, 0) is 75.4 Å². The number of rotatable bonds is 22. The number of aryl methyl sites for hydroxylation is 1. The molecule has 54 heavy (non-hydrogen) atoms. The monoisotopic (exact) mass is 765 g/mol. The maximum atomic E-state index is 14.1. The number of likely N-dealkylation sites (tertiary alicyclic amines) is 1. The highest BCUT2D eigenvalue weighted by molar-refractivity contribution is 7.09. The zero-order valence-corrected chi connectivity index (χ0v) is 34.6. The lowest BCUT2D eigenvalue weighted by Crippen LogP contribution is -2.56. The van der Waals surface area contributed by atoms with Crippen molar-refractivity contribution in [2.45, 2.75) is 148 Å². The first kappa shape index (κ1) is 43.4. The van der Waals surface area contributed by atoms with E-state index in [1.165, 1.54) is 50.6 Å². The lowest BCUT2D eigenvalue weighted by molar-refractivity contribution is -0.145. The van der Waals surface area contributed by atoms with E-state index < -0.39 is 6.04 Å². The van der Waals surface area contributed by atoms with E-state index in [4.69, 9.17) is 9.72 Å². The molecule has 0 radical (unpaired) electrons. The molecule has 300 valence electrons. The highest BCUT2D eigenvalue weighted by Gasteiger charge is 2.34. The summed E-state index contributed by atoms with van der Waals surface area (Å²) < 4.78 is 4.94. The van der Waals surface area contributed by atoms with Gasteiger partial charge in [-0.3, -0.25) is 24.1 Å². The minimum Gasteiger partial charge on any atom is -0.469 e. The van der Waals surface area contributed by atoms with Crippen molar-refractivity contribution in [3.05, 3.63) is 52.0 Å². The van der Waals surface area contributed by atoms with Gasteiger partial charge in [0.05, 0.1) is 24.1 Å². The standard InChI is InChI=1S/C43H67N5O5S/c1-7-16-35(46-41(50)38-22-12-14-26-48(38)25-13-11-17-32-20-15-21-32)42(51)47(5)37(30(2)3)23-24-39-45-36(29-54-39)40(49)44-34(27-31(4)43(52)53-6)28-33-18-9-8-10-19-33/h8-10,18-19,29-32,34-35,37-38H,7,11-17,20-28H2,1-6H3,(H,44,49)(H,46,50)/t31-,34+,35-,37+,38+/m0/s1. The van der Waals surface area contributed by atoms with Gasteiger partial charge >= 0.3 is 5.97 Å². The third-order valence-electron chi connectivity index (χ3n) is 11.6. The SMILES string of the molecule is CCC[C@H](NC(=O)[C@H]1CCCCN1CCCCC1CCC1)C(=O)N(C)[C@H](CCc1nc(C(=O)N[C@@H](Cc2ccccc2)C[C@H](C)C(=O)OC)cs1)C(C)C. The number of carbonyl (C=O) groups excluding carboxylic acids is 4. The van der Waals surface area contributed by atoms with Gasteiger partial charge in [-0.1, -0.05) is 103 Å². The number of likely N-dealkylation sites (N-methyl/N-ethyl adjacent to an activating group) is 1. The van der Waals surface area contributed by atoms with Crippen LogP contribution in [-0.2, 0) is 32.0 Å². The van der Waals surface area contributed by atoms with Crippen LogP contribution in [0, 0.1) is 17.8 Å². The van der Waals surface area contributed by atoms with Crippen LogP contribution in [0.15, 0.2) is 35.7 Å². The van der Waals surface area contributed by atoms with Crippen LogP contribution in [0.25, 0.3) is 0 Å². The number of aromatic nitrogens is 1. The van der Waals surface area contributed by atoms with E-state index in [0.29, 0.717) is 37.8 Å². The summed E-state index contributed by atoms with van der Waals surface area (Å²) in [5.74, 6) is 0.107. The molecule has 1 saturated heterocycles. The van der Waals surface area contributed by atoms with Gasteiger partial charge in [0, 0.05) is 30.9 Å². The first-order chi connectivity index (χ1) is 26.0. The van der Waals surface area contributed by atoms with Crippen molar-refractivity contribution in [3.63, 3.8) is 0 Å². The lowest BCUT2D eigenvalue weighted by atomic mass is 9.82. The Hall–Kier alpha value is -3.31. The molecule has 3 amide bonds. The van der Waals surface area contributed by atoms with Crippen LogP contribution in [0.2, 0.25) is 0 Å². The van der Waals surface area contributed by atoms with E-state index in [9.17, 15) is 19.2 Å². The number of amides is 3. The van der Waals surface area contributed by atoms with E-state index in [0.717, 1.165) is 61.7 Å². The Kier molecular flexibility index (Phi) is 17.9. The van der Waals surface area contributed by atoms with Gasteiger partial charge in [-0.15, -0.1) is 11.3 Å². The zero-order chi connectivity index (χ0) is 39.0. The van der Waals surface area contributed by atoms with Crippen molar-refractivity contribution in [1.82, 2.24) is 25.4 Å². The smallest absolute Gasteiger partial charge is 0.308 e. The number of nitrogens with zero attached hydrogens (tertiary/aromatic N) is 3. The van der Waals surface area contributed by atoms with Crippen LogP contribution < -0.4 is 10.6 Å². The van der Waals surface area contributed by atoms with E-state index in [1.807, 2.05) is 49.2 Å². The summed E-state index contributed by atoms with van der Waals surface area (Å²) >= 11 is 1.45. The minimum absolute atomic E-state index is 0.00524. The fourth-order valence-corrected chi connectivity index (χ4v) is 8.95. The van der Waals surface area contributed by atoms with Crippen LogP contribution in [-0.4, -0.2) is 89.9 Å². The molecule has 2 fully saturated rings. The molecule has 2 aliphatic rings. The quantitative estimate of drug-likeness (QED) is 0.0961. The molecule has 0 spiro atoms. The van der Waals surface area contributed by atoms with Crippen molar-refractivity contribution >= 4 is 35.0 Å². The molecule has 0 unspecified atom stereocenters. The first-order valence-electron chi connectivity index (χ1n) is 20.7. The number of piperidine rings is 1. The maximum absolute atomic E-state index is 14.1. The minimum atomic E-state index is -0.558. The number of carbonyl (C=O) groups is 4. The van der Waals surface area contributed by atoms with Gasteiger partial charge in [-0.2, -0.15) is 0 Å². The molecule has 1 aliphatic carbocycles. The lowest BCUT2D eigenvalue weighted by Gasteiger charge is -2.37. The van der Waals surface area contributed by atoms with Gasteiger partial charge in [0.25, 0.3) is 5.91 Å². The molecule has 1 saturated carbocycles. The van der Waals surface area contributed by atoms with Gasteiger partial charge < -0.3 is 20.3 Å². The number of nitrogens with one attached hydrogen (secondary N) is 2. The average Bonchev–Trinajstić information content (AvgIpc) is 3.62. The fourth-order valence-electron chi connectivity index (χ4n) is 8.16. The Morgan fingerprint density at radius 3 is 2.43 bits per heavy atom. The summed E-state index contributed by atoms with van der Waals surface area (Å²) in [6.07, 6.45) is 14.6. The van der Waals surface area contributed by atoms with Crippen LogP contribution in [0.3, 0.4) is 0 Å². The Labute approximate surface area is 328 Å². The van der Waals surface area contributed by atoms with Crippen molar-refractivity contribution in [2.75, 3.05) is 27.2 Å². The molecule has 4 rings (SSSR count). The molecule has 11 heteroatoms. The number of hydrogen-bond acceptors (Lipinski definition) is 8. The van der Waals surface area contributed by atoms with Crippen molar-refractivity contribution in [1.29, 1.82) is 0 Å². The van der Waals surface area contributed by atoms with Gasteiger partial charge in [0.2, 0.25) is 11.8 Å². The fraction of sp³-hybridized carbons (Fsp3) is 0.698. The van der Waals surface area contributed by atoms with Crippen LogP contribution in [0.5, 0.6) is 0 Å². The highest BCUT2D eigenvalue weighted by Crippen LogP contribution is 2.31. The first-order valence-corrected chi connectivity index (χ1v) is 21.6. The average molecular weight is 766 g/mol. The number of esters is 1. The maximum Gasteiger partial charge on any atom is 0.308 e. The van der Waals surface area contributed by atoms with Crippen LogP contribution in [0.1, 0.15) is 132 Å². The Morgan fingerprint density at radius 2 is 1.76 bits per heavy atom. The summed E-state index contributed by atoms with van der Waals surface area (Å²) in [6.45, 7) is 10.0. The number of benzene rings is 1. The molecule has 2 N–H and O–H groups in total. The summed E-state index contributed by atoms with van der Waals surface area (Å²) in [4.78, 5) is 62.3. The second kappa shape index (κ2) is 22.3. The molecule has 1 aromatic carbocycles. The molecule has 1 aliphatic heterocycles. The number of ether oxygens (including phenoxy) is 1. The largest absolute Gasteiger partial charge is 0.469 e. The second-order valence-corrected chi connectivity index (χ2v) is 17.1. The Bertz CT molecular complexity index is 1460.